The van der Waals surface area contributed by atoms with E-state index < -0.39 is 18.0 Å². The summed E-state index contributed by atoms with van der Waals surface area (Å²) in [5.41, 5.74) is 6.11. The van der Waals surface area contributed by atoms with Gasteiger partial charge in [-0.05, 0) is 24.5 Å². The summed E-state index contributed by atoms with van der Waals surface area (Å²) < 4.78 is 13.5. The Morgan fingerprint density at radius 1 is 1.44 bits per heavy atom. The van der Waals surface area contributed by atoms with E-state index in [9.17, 15) is 9.50 Å². The van der Waals surface area contributed by atoms with E-state index in [1.54, 1.807) is 6.07 Å². The van der Waals surface area contributed by atoms with Crippen LogP contribution >= 0.6 is 11.6 Å². The zero-order valence-electron chi connectivity index (χ0n) is 9.45. The number of aliphatic hydroxyl groups excluding tert-OH is 1. The van der Waals surface area contributed by atoms with Gasteiger partial charge in [0.15, 0.2) is 0 Å². The Kier molecular flexibility index (Phi) is 4.71. The lowest BCUT2D eigenvalue weighted by Gasteiger charge is -2.21. The highest BCUT2D eigenvalue weighted by atomic mass is 35.5. The molecule has 1 aromatic rings. The van der Waals surface area contributed by atoms with Crippen LogP contribution in [-0.2, 0) is 0 Å². The Hall–Kier alpha value is -0.640. The summed E-state index contributed by atoms with van der Waals surface area (Å²) in [4.78, 5) is 0. The Morgan fingerprint density at radius 3 is 2.56 bits per heavy atom. The minimum absolute atomic E-state index is 0.303. The average molecular weight is 246 g/mol. The van der Waals surface area contributed by atoms with Crippen LogP contribution in [0.25, 0.3) is 0 Å². The Balaban J connectivity index is 2.83. The van der Waals surface area contributed by atoms with Gasteiger partial charge in [-0.1, -0.05) is 31.5 Å². The van der Waals surface area contributed by atoms with Gasteiger partial charge in [0.25, 0.3) is 0 Å². The van der Waals surface area contributed by atoms with E-state index in [4.69, 9.17) is 17.3 Å². The van der Waals surface area contributed by atoms with Crippen LogP contribution in [0.2, 0.25) is 5.02 Å². The van der Waals surface area contributed by atoms with E-state index >= 15 is 0 Å². The minimum atomic E-state index is -0.740. The number of nitrogens with two attached hydrogens (primary N) is 1. The molecule has 1 rings (SSSR count). The monoisotopic (exact) mass is 245 g/mol. The van der Waals surface area contributed by atoms with Crippen LogP contribution in [0.4, 0.5) is 4.39 Å². The SMILES string of the molecule is CC(C)C[C@@H](O)[C@@H](N)c1ccc(Cl)cc1F. The van der Waals surface area contributed by atoms with Crippen LogP contribution in [0.3, 0.4) is 0 Å². The van der Waals surface area contributed by atoms with Crippen LogP contribution in [0, 0.1) is 11.7 Å². The summed E-state index contributed by atoms with van der Waals surface area (Å²) in [6.07, 6.45) is -0.195. The highest BCUT2D eigenvalue weighted by molar-refractivity contribution is 6.30. The van der Waals surface area contributed by atoms with Crippen molar-refractivity contribution in [3.63, 3.8) is 0 Å². The maximum absolute atomic E-state index is 13.5. The lowest BCUT2D eigenvalue weighted by molar-refractivity contribution is 0.119. The Labute approximate surface area is 100 Å². The molecule has 0 saturated heterocycles. The molecule has 2 atom stereocenters. The summed E-state index contributed by atoms with van der Waals surface area (Å²) in [5.74, 6) is -0.154. The fraction of sp³-hybridized carbons (Fsp3) is 0.500. The lowest BCUT2D eigenvalue weighted by Crippen LogP contribution is -2.28. The van der Waals surface area contributed by atoms with Gasteiger partial charge in [-0.25, -0.2) is 4.39 Å². The van der Waals surface area contributed by atoms with E-state index in [1.165, 1.54) is 12.1 Å². The average Bonchev–Trinajstić information content (AvgIpc) is 2.15. The molecule has 0 amide bonds. The van der Waals surface area contributed by atoms with Crippen molar-refractivity contribution in [1.29, 1.82) is 0 Å². The molecule has 0 heterocycles. The van der Waals surface area contributed by atoms with Crippen LogP contribution in [0.5, 0.6) is 0 Å². The molecule has 0 aliphatic carbocycles. The zero-order chi connectivity index (χ0) is 12.3. The first-order valence-electron chi connectivity index (χ1n) is 5.30. The van der Waals surface area contributed by atoms with E-state index in [0.717, 1.165) is 0 Å². The fourth-order valence-corrected chi connectivity index (χ4v) is 1.77. The Bertz CT molecular complexity index is 357. The van der Waals surface area contributed by atoms with Crippen molar-refractivity contribution < 1.29 is 9.50 Å². The van der Waals surface area contributed by atoms with E-state index in [1.807, 2.05) is 13.8 Å². The van der Waals surface area contributed by atoms with Gasteiger partial charge in [-0.3, -0.25) is 0 Å². The number of hydrogen-bond donors (Lipinski definition) is 2. The maximum Gasteiger partial charge on any atom is 0.129 e. The molecule has 2 nitrogen and oxygen atoms in total. The van der Waals surface area contributed by atoms with Crippen molar-refractivity contribution in [1.82, 2.24) is 0 Å². The Morgan fingerprint density at radius 2 is 2.06 bits per heavy atom. The van der Waals surface area contributed by atoms with Crippen LogP contribution in [0.1, 0.15) is 31.9 Å². The number of aliphatic hydroxyl groups is 1. The van der Waals surface area contributed by atoms with E-state index in [0.29, 0.717) is 22.9 Å². The standard InChI is InChI=1S/C12H17ClFNO/c1-7(2)5-11(16)12(15)9-4-3-8(13)6-10(9)14/h3-4,6-7,11-12,16H,5,15H2,1-2H3/t11-,12+/m1/s1. The summed E-state index contributed by atoms with van der Waals surface area (Å²) >= 11 is 5.64. The molecule has 3 N–H and O–H groups in total. The molecule has 0 aliphatic rings. The second-order valence-corrected chi connectivity index (χ2v) is 4.82. The molecule has 90 valence electrons. The molecule has 0 fully saturated rings. The molecular weight excluding hydrogens is 229 g/mol. The van der Waals surface area contributed by atoms with Crippen molar-refractivity contribution in [3.05, 3.63) is 34.6 Å². The maximum atomic E-state index is 13.5. The van der Waals surface area contributed by atoms with Gasteiger partial charge in [0, 0.05) is 10.6 Å². The van der Waals surface area contributed by atoms with Crippen molar-refractivity contribution in [3.8, 4) is 0 Å². The summed E-state index contributed by atoms with van der Waals surface area (Å²) in [6, 6.07) is 3.59. The molecule has 0 aliphatic heterocycles. The quantitative estimate of drug-likeness (QED) is 0.857. The number of hydrogen-bond acceptors (Lipinski definition) is 2. The third-order valence-corrected chi connectivity index (χ3v) is 2.68. The van der Waals surface area contributed by atoms with E-state index in [-0.39, 0.29) is 0 Å². The predicted octanol–water partition coefficient (Wildman–Crippen LogP) is 2.89. The molecule has 0 radical (unpaired) electrons. The zero-order valence-corrected chi connectivity index (χ0v) is 10.2. The third-order valence-electron chi connectivity index (χ3n) is 2.45. The number of halogens is 2. The van der Waals surface area contributed by atoms with Crippen molar-refractivity contribution in [2.75, 3.05) is 0 Å². The first-order valence-corrected chi connectivity index (χ1v) is 5.68. The predicted molar refractivity (Wildman–Crippen MR) is 63.8 cm³/mol. The van der Waals surface area contributed by atoms with Crippen molar-refractivity contribution in [2.24, 2.45) is 11.7 Å². The van der Waals surface area contributed by atoms with Gasteiger partial charge < -0.3 is 10.8 Å². The third kappa shape index (κ3) is 3.44. The first kappa shape index (κ1) is 13.4. The normalized spacial score (nSPS) is 15.2. The van der Waals surface area contributed by atoms with Gasteiger partial charge in [0.2, 0.25) is 0 Å². The fourth-order valence-electron chi connectivity index (χ4n) is 1.61. The second-order valence-electron chi connectivity index (χ2n) is 4.39. The smallest absolute Gasteiger partial charge is 0.129 e. The van der Waals surface area contributed by atoms with Crippen molar-refractivity contribution >= 4 is 11.6 Å². The van der Waals surface area contributed by atoms with Crippen LogP contribution < -0.4 is 5.73 Å². The lowest BCUT2D eigenvalue weighted by atomic mass is 9.95. The molecule has 0 unspecified atom stereocenters. The summed E-state index contributed by atoms with van der Waals surface area (Å²) in [6.45, 7) is 3.96. The highest BCUT2D eigenvalue weighted by Crippen LogP contribution is 2.24. The molecular formula is C12H17ClFNO. The molecule has 16 heavy (non-hydrogen) atoms. The largest absolute Gasteiger partial charge is 0.391 e. The van der Waals surface area contributed by atoms with Gasteiger partial charge in [0.1, 0.15) is 5.82 Å². The van der Waals surface area contributed by atoms with Crippen molar-refractivity contribution in [2.45, 2.75) is 32.4 Å². The van der Waals surface area contributed by atoms with Gasteiger partial charge in [-0.2, -0.15) is 0 Å². The number of benzene rings is 1. The molecule has 0 aromatic heterocycles. The van der Waals surface area contributed by atoms with Gasteiger partial charge >= 0.3 is 0 Å². The number of rotatable bonds is 4. The summed E-state index contributed by atoms with van der Waals surface area (Å²) in [5, 5.41) is 10.1. The molecule has 0 bridgehead atoms. The highest BCUT2D eigenvalue weighted by Gasteiger charge is 2.20. The van der Waals surface area contributed by atoms with Gasteiger partial charge in [0.05, 0.1) is 12.1 Å². The molecule has 0 spiro atoms. The molecule has 1 aromatic carbocycles. The summed E-state index contributed by atoms with van der Waals surface area (Å²) in [7, 11) is 0. The van der Waals surface area contributed by atoms with Crippen LogP contribution in [0.15, 0.2) is 18.2 Å². The molecule has 4 heteroatoms. The topological polar surface area (TPSA) is 46.2 Å². The van der Waals surface area contributed by atoms with Gasteiger partial charge in [-0.15, -0.1) is 0 Å². The minimum Gasteiger partial charge on any atom is -0.391 e. The molecule has 0 saturated carbocycles. The van der Waals surface area contributed by atoms with E-state index in [2.05, 4.69) is 0 Å². The first-order chi connectivity index (χ1) is 7.41. The second kappa shape index (κ2) is 5.62. The van der Waals surface area contributed by atoms with Crippen LogP contribution in [-0.4, -0.2) is 11.2 Å².